The first-order chi connectivity index (χ1) is 20.2. The minimum Gasteiger partial charge on any atom is -0.463 e. The fraction of sp³-hybridized carbons (Fsp3) is 0.667. The van der Waals surface area contributed by atoms with Crippen LogP contribution in [-0.2, 0) is 35.0 Å². The summed E-state index contributed by atoms with van der Waals surface area (Å²) in [5.74, 6) is -0.889. The SMILES string of the molecule is CC(C)OC(=O)CCCC=CCC1C(O)CCC1CCC(CCc1ccccc1)OC(=O)CCC(=O)OC(CO)CO. The van der Waals surface area contributed by atoms with E-state index < -0.39 is 31.3 Å². The molecule has 0 amide bonds. The molecule has 0 aromatic heterocycles. The Kier molecular flexibility index (Phi) is 17.1. The van der Waals surface area contributed by atoms with Gasteiger partial charge >= 0.3 is 17.9 Å². The van der Waals surface area contributed by atoms with Crippen LogP contribution in [0.5, 0.6) is 0 Å². The van der Waals surface area contributed by atoms with Gasteiger partial charge in [0.15, 0.2) is 0 Å². The molecule has 1 aromatic carbocycles. The Morgan fingerprint density at radius 3 is 2.14 bits per heavy atom. The Bertz CT molecular complexity index is 942. The number of hydrogen-bond donors (Lipinski definition) is 3. The van der Waals surface area contributed by atoms with Gasteiger partial charge in [0.1, 0.15) is 12.2 Å². The number of hydrogen-bond acceptors (Lipinski definition) is 9. The molecule has 1 aliphatic rings. The van der Waals surface area contributed by atoms with Gasteiger partial charge in [0.05, 0.1) is 38.3 Å². The molecule has 3 N–H and O–H groups in total. The molecule has 0 aliphatic heterocycles. The highest BCUT2D eigenvalue weighted by molar-refractivity contribution is 5.77. The maximum Gasteiger partial charge on any atom is 0.306 e. The van der Waals surface area contributed by atoms with E-state index in [1.54, 1.807) is 0 Å². The first kappa shape index (κ1) is 35.4. The second kappa shape index (κ2) is 20.2. The van der Waals surface area contributed by atoms with Gasteiger partial charge in [-0.25, -0.2) is 0 Å². The van der Waals surface area contributed by atoms with Crippen molar-refractivity contribution in [1.29, 1.82) is 0 Å². The van der Waals surface area contributed by atoms with E-state index in [9.17, 15) is 19.5 Å². The highest BCUT2D eigenvalue weighted by Crippen LogP contribution is 2.38. The number of benzene rings is 1. The van der Waals surface area contributed by atoms with E-state index in [-0.39, 0.29) is 43.0 Å². The van der Waals surface area contributed by atoms with Crippen LogP contribution in [0.1, 0.15) is 90.0 Å². The molecule has 1 fully saturated rings. The fourth-order valence-corrected chi connectivity index (χ4v) is 5.35. The van der Waals surface area contributed by atoms with Crippen LogP contribution in [-0.4, -0.2) is 70.9 Å². The zero-order valence-electron chi connectivity index (χ0n) is 25.2. The summed E-state index contributed by atoms with van der Waals surface area (Å²) in [5, 5.41) is 28.8. The average Bonchev–Trinajstić information content (AvgIpc) is 3.32. The van der Waals surface area contributed by atoms with Crippen molar-refractivity contribution in [2.24, 2.45) is 11.8 Å². The predicted molar refractivity (Wildman–Crippen MR) is 158 cm³/mol. The largest absolute Gasteiger partial charge is 0.463 e. The Morgan fingerprint density at radius 1 is 0.857 bits per heavy atom. The van der Waals surface area contributed by atoms with Crippen molar-refractivity contribution in [3.8, 4) is 0 Å². The van der Waals surface area contributed by atoms with Gasteiger partial charge in [0, 0.05) is 6.42 Å². The van der Waals surface area contributed by atoms with Crippen LogP contribution in [0.2, 0.25) is 0 Å². The van der Waals surface area contributed by atoms with Crippen molar-refractivity contribution in [3.05, 3.63) is 48.0 Å². The number of allylic oxidation sites excluding steroid dienone is 2. The van der Waals surface area contributed by atoms with Crippen LogP contribution in [0.25, 0.3) is 0 Å². The fourth-order valence-electron chi connectivity index (χ4n) is 5.35. The van der Waals surface area contributed by atoms with E-state index in [0.29, 0.717) is 25.2 Å². The van der Waals surface area contributed by atoms with Crippen LogP contribution >= 0.6 is 0 Å². The van der Waals surface area contributed by atoms with Gasteiger partial charge in [0.2, 0.25) is 0 Å². The van der Waals surface area contributed by atoms with Crippen molar-refractivity contribution in [3.63, 3.8) is 0 Å². The summed E-state index contributed by atoms with van der Waals surface area (Å²) in [4.78, 5) is 36.3. The lowest BCUT2D eigenvalue weighted by Gasteiger charge is -2.24. The number of ether oxygens (including phenoxy) is 3. The molecule has 2 rings (SSSR count). The highest BCUT2D eigenvalue weighted by Gasteiger charge is 2.34. The molecule has 1 aliphatic carbocycles. The van der Waals surface area contributed by atoms with E-state index in [2.05, 4.69) is 12.2 Å². The van der Waals surface area contributed by atoms with Gasteiger partial charge < -0.3 is 29.5 Å². The van der Waals surface area contributed by atoms with Crippen molar-refractivity contribution in [2.75, 3.05) is 13.2 Å². The third-order valence-electron chi connectivity index (χ3n) is 7.62. The molecule has 236 valence electrons. The lowest BCUT2D eigenvalue weighted by molar-refractivity contribution is -0.158. The Balaban J connectivity index is 1.86. The molecule has 0 spiro atoms. The number of rotatable bonds is 20. The first-order valence-electron chi connectivity index (χ1n) is 15.4. The second-order valence-electron chi connectivity index (χ2n) is 11.4. The quantitative estimate of drug-likeness (QED) is 0.0870. The molecule has 4 atom stereocenters. The van der Waals surface area contributed by atoms with Crippen molar-refractivity contribution in [1.82, 2.24) is 0 Å². The Hall–Kier alpha value is -2.75. The molecular weight excluding hydrogens is 540 g/mol. The van der Waals surface area contributed by atoms with Crippen molar-refractivity contribution < 1.29 is 43.9 Å². The maximum absolute atomic E-state index is 12.6. The molecule has 0 radical (unpaired) electrons. The number of esters is 3. The van der Waals surface area contributed by atoms with Gasteiger partial charge in [0.25, 0.3) is 0 Å². The lowest BCUT2D eigenvalue weighted by atomic mass is 9.86. The number of aryl methyl sites for hydroxylation is 1. The molecule has 4 unspecified atom stereocenters. The summed E-state index contributed by atoms with van der Waals surface area (Å²) in [6.07, 6.45) is 9.29. The number of aliphatic hydroxyl groups is 3. The van der Waals surface area contributed by atoms with E-state index >= 15 is 0 Å². The standard InChI is InChI=1S/C33H50O9/c1-24(2)40-31(37)13-9-4-3-8-12-29-26(16-19-30(29)36)15-18-27(17-14-25-10-6-5-7-11-25)41-32(38)20-21-33(39)42-28(22-34)23-35/h3,5-8,10-11,24,26-30,34-36H,4,9,12-23H2,1-2H3. The third-order valence-corrected chi connectivity index (χ3v) is 7.62. The van der Waals surface area contributed by atoms with Crippen LogP contribution in [0.3, 0.4) is 0 Å². The van der Waals surface area contributed by atoms with Gasteiger partial charge in [-0.3, -0.25) is 14.4 Å². The molecule has 0 heterocycles. The number of carbonyl (C=O) groups excluding carboxylic acids is 3. The summed E-state index contributed by atoms with van der Waals surface area (Å²) >= 11 is 0. The van der Waals surface area contributed by atoms with Gasteiger partial charge in [-0.2, -0.15) is 0 Å². The summed E-state index contributed by atoms with van der Waals surface area (Å²) in [7, 11) is 0. The molecule has 42 heavy (non-hydrogen) atoms. The zero-order valence-corrected chi connectivity index (χ0v) is 25.2. The molecule has 1 aromatic rings. The van der Waals surface area contributed by atoms with Crippen LogP contribution in [0.4, 0.5) is 0 Å². The van der Waals surface area contributed by atoms with Gasteiger partial charge in [-0.05, 0) is 89.0 Å². The molecule has 0 saturated heterocycles. The Labute approximate surface area is 250 Å². The monoisotopic (exact) mass is 590 g/mol. The molecule has 0 bridgehead atoms. The summed E-state index contributed by atoms with van der Waals surface area (Å²) in [6, 6.07) is 9.98. The smallest absolute Gasteiger partial charge is 0.306 e. The van der Waals surface area contributed by atoms with E-state index in [0.717, 1.165) is 50.5 Å². The van der Waals surface area contributed by atoms with E-state index in [1.807, 2.05) is 44.2 Å². The minimum absolute atomic E-state index is 0.100. The first-order valence-corrected chi connectivity index (χ1v) is 15.4. The van der Waals surface area contributed by atoms with Gasteiger partial charge in [-0.1, -0.05) is 42.5 Å². The van der Waals surface area contributed by atoms with Gasteiger partial charge in [-0.15, -0.1) is 0 Å². The second-order valence-corrected chi connectivity index (χ2v) is 11.4. The number of carbonyl (C=O) groups is 3. The minimum atomic E-state index is -0.995. The lowest BCUT2D eigenvalue weighted by Crippen LogP contribution is -2.26. The van der Waals surface area contributed by atoms with Crippen LogP contribution in [0, 0.1) is 11.8 Å². The normalized spacial score (nSPS) is 19.4. The summed E-state index contributed by atoms with van der Waals surface area (Å²) < 4.78 is 15.9. The number of aliphatic hydroxyl groups excluding tert-OH is 3. The van der Waals surface area contributed by atoms with Crippen molar-refractivity contribution in [2.45, 2.75) is 115 Å². The average molecular weight is 591 g/mol. The molecule has 9 heteroatoms. The van der Waals surface area contributed by atoms with E-state index in [1.165, 1.54) is 0 Å². The van der Waals surface area contributed by atoms with Crippen molar-refractivity contribution >= 4 is 17.9 Å². The summed E-state index contributed by atoms with van der Waals surface area (Å²) in [6.45, 7) is 2.70. The topological polar surface area (TPSA) is 140 Å². The van der Waals surface area contributed by atoms with Crippen LogP contribution in [0.15, 0.2) is 42.5 Å². The third kappa shape index (κ3) is 14.4. The molecule has 9 nitrogen and oxygen atoms in total. The van der Waals surface area contributed by atoms with E-state index in [4.69, 9.17) is 24.4 Å². The predicted octanol–water partition coefficient (Wildman–Crippen LogP) is 4.44. The highest BCUT2D eigenvalue weighted by atomic mass is 16.6. The zero-order chi connectivity index (χ0) is 30.7. The number of unbranched alkanes of at least 4 members (excludes halogenated alkanes) is 1. The maximum atomic E-state index is 12.6. The Morgan fingerprint density at radius 2 is 1.50 bits per heavy atom. The summed E-state index contributed by atoms with van der Waals surface area (Å²) in [5.41, 5.74) is 1.15. The van der Waals surface area contributed by atoms with Crippen LogP contribution < -0.4 is 0 Å². The molecular formula is C33H50O9. The molecule has 1 saturated carbocycles.